The lowest BCUT2D eigenvalue weighted by atomic mass is 9.54. The summed E-state index contributed by atoms with van der Waals surface area (Å²) in [7, 11) is 2.18. The molecule has 2 N–H and O–H groups in total. The molecule has 0 aromatic heterocycles. The van der Waals surface area contributed by atoms with E-state index in [1.54, 1.807) is 6.07 Å². The molecule has 0 amide bonds. The molecule has 5 atom stereocenters. The number of Topliss-reactive ketones (excluding diaryl/α,β-unsaturated/α-hetero) is 1. The Kier molecular flexibility index (Phi) is 2.75. The van der Waals surface area contributed by atoms with Crippen LogP contribution in [0.15, 0.2) is 24.8 Å². The van der Waals surface area contributed by atoms with Gasteiger partial charge in [0.05, 0.1) is 20.1 Å². The van der Waals surface area contributed by atoms with Gasteiger partial charge in [0.2, 0.25) is 0 Å². The first-order chi connectivity index (χ1) is 11.9. The number of nitrogens with zero attached hydrogens (tertiary/aromatic N) is 1. The van der Waals surface area contributed by atoms with E-state index in [0.717, 1.165) is 30.5 Å². The highest BCUT2D eigenvalue weighted by molar-refractivity contribution is 5.90. The predicted molar refractivity (Wildman–Crippen MR) is 91.6 cm³/mol. The van der Waals surface area contributed by atoms with Gasteiger partial charge in [0.15, 0.2) is 23.4 Å². The van der Waals surface area contributed by atoms with E-state index in [4.69, 9.17) is 4.74 Å². The molecule has 5 rings (SSSR count). The molecular formula is C20H24NO4+. The van der Waals surface area contributed by atoms with Crippen LogP contribution in [0.3, 0.4) is 0 Å². The minimum Gasteiger partial charge on any atom is -0.504 e. The molecule has 1 saturated carbocycles. The Balaban J connectivity index is 1.79. The van der Waals surface area contributed by atoms with E-state index in [-0.39, 0.29) is 17.6 Å². The van der Waals surface area contributed by atoms with Crippen LogP contribution < -0.4 is 4.74 Å². The first-order valence-electron chi connectivity index (χ1n) is 9.09. The minimum absolute atomic E-state index is 0.0367. The maximum Gasteiger partial charge on any atom is 0.175 e. The van der Waals surface area contributed by atoms with Gasteiger partial charge in [-0.25, -0.2) is 0 Å². The fraction of sp³-hybridized carbons (Fsp3) is 0.550. The maximum atomic E-state index is 12.7. The third-order valence-corrected chi connectivity index (χ3v) is 7.34. The number of likely N-dealkylation sites (N-methyl/N-ethyl adjacent to an activating group) is 1. The second-order valence-electron chi connectivity index (χ2n) is 8.47. The molecule has 2 heterocycles. The van der Waals surface area contributed by atoms with Crippen LogP contribution in [-0.4, -0.2) is 58.4 Å². The molecule has 1 aromatic rings. The monoisotopic (exact) mass is 342 g/mol. The smallest absolute Gasteiger partial charge is 0.175 e. The van der Waals surface area contributed by atoms with Gasteiger partial charge in [0.1, 0.15) is 17.1 Å². The number of ketones is 1. The summed E-state index contributed by atoms with van der Waals surface area (Å²) in [6, 6.07) is 3.63. The summed E-state index contributed by atoms with van der Waals surface area (Å²) in [5, 5.41) is 22.3. The van der Waals surface area contributed by atoms with Gasteiger partial charge in [-0.2, -0.15) is 0 Å². The highest BCUT2D eigenvalue weighted by Gasteiger charge is 2.80. The molecule has 1 spiro atoms. The van der Waals surface area contributed by atoms with Crippen LogP contribution in [0, 0.1) is 0 Å². The van der Waals surface area contributed by atoms with Crippen molar-refractivity contribution in [2.24, 2.45) is 0 Å². The van der Waals surface area contributed by atoms with Gasteiger partial charge in [-0.05, 0) is 18.1 Å². The van der Waals surface area contributed by atoms with Crippen molar-refractivity contribution < 1.29 is 24.2 Å². The second kappa shape index (κ2) is 4.46. The number of phenolic OH excluding ortho intramolecular Hbond substituents is 1. The van der Waals surface area contributed by atoms with Gasteiger partial charge in [-0.1, -0.05) is 12.1 Å². The molecule has 1 saturated heterocycles. The zero-order chi connectivity index (χ0) is 17.6. The topological polar surface area (TPSA) is 66.8 Å². The van der Waals surface area contributed by atoms with Crippen LogP contribution in [0.4, 0.5) is 0 Å². The third-order valence-electron chi connectivity index (χ3n) is 7.34. The van der Waals surface area contributed by atoms with Crippen LogP contribution in [0.5, 0.6) is 11.5 Å². The zero-order valence-corrected chi connectivity index (χ0v) is 14.5. The predicted octanol–water partition coefficient (Wildman–Crippen LogP) is 1.45. The Morgan fingerprint density at radius 3 is 3.04 bits per heavy atom. The van der Waals surface area contributed by atoms with Gasteiger partial charge in [0, 0.05) is 24.8 Å². The Morgan fingerprint density at radius 1 is 1.48 bits per heavy atom. The molecule has 2 aliphatic heterocycles. The molecule has 5 nitrogen and oxygen atoms in total. The normalized spacial score (nSPS) is 42.9. The van der Waals surface area contributed by atoms with E-state index in [9.17, 15) is 15.0 Å². The molecule has 2 bridgehead atoms. The molecule has 2 fully saturated rings. The summed E-state index contributed by atoms with van der Waals surface area (Å²) >= 11 is 0. The number of hydrogen-bond donors (Lipinski definition) is 2. The lowest BCUT2D eigenvalue weighted by Crippen LogP contribution is -2.67. The van der Waals surface area contributed by atoms with Crippen LogP contribution in [0.2, 0.25) is 0 Å². The van der Waals surface area contributed by atoms with Crippen LogP contribution in [-0.2, 0) is 16.6 Å². The maximum absolute atomic E-state index is 12.7. The lowest BCUT2D eigenvalue weighted by molar-refractivity contribution is -0.925. The fourth-order valence-corrected chi connectivity index (χ4v) is 6.37. The van der Waals surface area contributed by atoms with Gasteiger partial charge >= 0.3 is 0 Å². The highest BCUT2D eigenvalue weighted by atomic mass is 16.5. The summed E-state index contributed by atoms with van der Waals surface area (Å²) in [6.45, 7) is 5.40. The number of rotatable bonds is 3. The van der Waals surface area contributed by atoms with Crippen molar-refractivity contribution in [2.45, 2.75) is 48.8 Å². The van der Waals surface area contributed by atoms with Crippen LogP contribution in [0.1, 0.15) is 30.4 Å². The number of benzene rings is 1. The molecule has 4 aliphatic rings. The van der Waals surface area contributed by atoms with Crippen LogP contribution >= 0.6 is 0 Å². The number of quaternary nitrogens is 1. The lowest BCUT2D eigenvalue weighted by Gasteiger charge is -2.48. The largest absolute Gasteiger partial charge is 0.504 e. The van der Waals surface area contributed by atoms with E-state index in [1.807, 2.05) is 12.1 Å². The SMILES string of the molecule is C=CCC[N@@+]1(C)C[C@]23c4c5ccc(O)c4OC2C(=O)CC[C@@]3(O)C1C5. The van der Waals surface area contributed by atoms with Crippen LogP contribution in [0.25, 0.3) is 0 Å². The highest BCUT2D eigenvalue weighted by Crippen LogP contribution is 2.66. The number of likely N-dealkylation sites (tertiary alicyclic amines) is 1. The fourth-order valence-electron chi connectivity index (χ4n) is 6.37. The summed E-state index contributed by atoms with van der Waals surface area (Å²) < 4.78 is 6.75. The van der Waals surface area contributed by atoms with Crippen molar-refractivity contribution in [3.05, 3.63) is 35.9 Å². The third kappa shape index (κ3) is 1.51. The van der Waals surface area contributed by atoms with E-state index in [0.29, 0.717) is 29.6 Å². The Labute approximate surface area is 147 Å². The van der Waals surface area contributed by atoms with Crippen molar-refractivity contribution in [1.29, 1.82) is 0 Å². The molecule has 25 heavy (non-hydrogen) atoms. The molecule has 2 unspecified atom stereocenters. The van der Waals surface area contributed by atoms with Crippen molar-refractivity contribution in [3.63, 3.8) is 0 Å². The first-order valence-corrected chi connectivity index (χ1v) is 9.09. The van der Waals surface area contributed by atoms with Crippen molar-refractivity contribution in [1.82, 2.24) is 0 Å². The van der Waals surface area contributed by atoms with Gasteiger partial charge in [0.25, 0.3) is 0 Å². The average molecular weight is 342 g/mol. The van der Waals surface area contributed by atoms with E-state index < -0.39 is 17.1 Å². The summed E-state index contributed by atoms with van der Waals surface area (Å²) in [6.07, 6.45) is 3.67. The van der Waals surface area contributed by atoms with Gasteiger partial charge < -0.3 is 19.4 Å². The van der Waals surface area contributed by atoms with Gasteiger partial charge in [-0.3, -0.25) is 4.79 Å². The Bertz CT molecular complexity index is 820. The van der Waals surface area contributed by atoms with Crippen molar-refractivity contribution in [3.8, 4) is 11.5 Å². The number of aromatic hydroxyl groups is 1. The number of hydrogen-bond acceptors (Lipinski definition) is 4. The quantitative estimate of drug-likeness (QED) is 0.644. The first kappa shape index (κ1) is 15.4. The Morgan fingerprint density at radius 2 is 2.28 bits per heavy atom. The number of aliphatic hydroxyl groups is 1. The number of carbonyl (C=O) groups is 1. The summed E-state index contributed by atoms with van der Waals surface area (Å²) in [5.41, 5.74) is 0.308. The summed E-state index contributed by atoms with van der Waals surface area (Å²) in [4.78, 5) is 12.7. The van der Waals surface area contributed by atoms with Gasteiger partial charge in [-0.15, -0.1) is 6.58 Å². The molecule has 2 aliphatic carbocycles. The summed E-state index contributed by atoms with van der Waals surface area (Å²) in [5.74, 6) is 0.541. The standard InChI is InChI=1S/C20H23NO4/c1-3-4-9-21(2)11-19-16-12-5-6-13(22)17(16)25-18(19)14(23)7-8-20(19,24)15(21)10-12/h3,5-6,15,18,24H,1,4,7-11H2,2H3/p+1/t15?,18?,19-,20+,21-/m0/s1. The average Bonchev–Trinajstić information content (AvgIpc) is 2.98. The zero-order valence-electron chi connectivity index (χ0n) is 14.5. The molecule has 132 valence electrons. The molecule has 1 aromatic carbocycles. The van der Waals surface area contributed by atoms with Crippen molar-refractivity contribution in [2.75, 3.05) is 20.1 Å². The number of carbonyl (C=O) groups excluding carboxylic acids is 1. The van der Waals surface area contributed by atoms with Crippen molar-refractivity contribution >= 4 is 5.78 Å². The van der Waals surface area contributed by atoms with E-state index in [2.05, 4.69) is 13.6 Å². The second-order valence-corrected chi connectivity index (χ2v) is 8.47. The number of ether oxygens (including phenoxy) is 1. The minimum atomic E-state index is -0.965. The Hall–Kier alpha value is -1.85. The molecule has 0 radical (unpaired) electrons. The van der Waals surface area contributed by atoms with E-state index in [1.165, 1.54) is 0 Å². The number of phenols is 1. The molecular weight excluding hydrogens is 318 g/mol. The van der Waals surface area contributed by atoms with E-state index >= 15 is 0 Å². The molecule has 5 heteroatoms.